The van der Waals surface area contributed by atoms with E-state index >= 15 is 0 Å². The largest absolute Gasteiger partial charge is 0.573 e. The van der Waals surface area contributed by atoms with E-state index in [9.17, 15) is 13.2 Å². The third kappa shape index (κ3) is 2.94. The Morgan fingerprint density at radius 1 is 1.29 bits per heavy atom. The van der Waals surface area contributed by atoms with Gasteiger partial charge in [-0.15, -0.1) is 13.2 Å². The number of halogens is 3. The van der Waals surface area contributed by atoms with Gasteiger partial charge in [-0.05, 0) is 30.5 Å². The molecule has 1 rings (SSSR count). The van der Waals surface area contributed by atoms with Crippen LogP contribution >= 0.6 is 0 Å². The molecule has 0 radical (unpaired) electrons. The summed E-state index contributed by atoms with van der Waals surface area (Å²) in [7, 11) is 0. The van der Waals surface area contributed by atoms with Crippen molar-refractivity contribution < 1.29 is 17.9 Å². The first kappa shape index (κ1) is 10.9. The topological polar surface area (TPSA) is 9.23 Å². The molecule has 0 aliphatic rings. The molecule has 0 amide bonds. The van der Waals surface area contributed by atoms with Gasteiger partial charge in [-0.2, -0.15) is 0 Å². The first-order valence-corrected chi connectivity index (χ1v) is 4.27. The molecule has 1 aromatic carbocycles. The number of hydrogen-bond acceptors (Lipinski definition) is 1. The maximum atomic E-state index is 11.9. The molecule has 1 nitrogen and oxygen atoms in total. The summed E-state index contributed by atoms with van der Waals surface area (Å²) in [5.74, 6) is -0.130. The highest BCUT2D eigenvalue weighted by Gasteiger charge is 2.31. The summed E-state index contributed by atoms with van der Waals surface area (Å²) in [5, 5.41) is 0. The Labute approximate surface area is 80.5 Å². The van der Waals surface area contributed by atoms with Crippen molar-refractivity contribution in [3.05, 3.63) is 29.3 Å². The molecule has 0 aromatic heterocycles. The third-order valence-electron chi connectivity index (χ3n) is 1.87. The van der Waals surface area contributed by atoms with E-state index in [1.54, 1.807) is 19.1 Å². The number of hydrogen-bond donors (Lipinski definition) is 0. The molecule has 0 bridgehead atoms. The average molecular weight is 204 g/mol. The predicted molar refractivity (Wildman–Crippen MR) is 47.2 cm³/mol. The molecule has 0 aliphatic heterocycles. The number of benzene rings is 1. The summed E-state index contributed by atoms with van der Waals surface area (Å²) in [6.07, 6.45) is -3.81. The second-order valence-corrected chi connectivity index (χ2v) is 3.00. The van der Waals surface area contributed by atoms with Gasteiger partial charge in [0, 0.05) is 0 Å². The van der Waals surface area contributed by atoms with Crippen LogP contribution in [0.2, 0.25) is 0 Å². The normalized spacial score (nSPS) is 11.5. The number of ether oxygens (including phenoxy) is 1. The Bertz CT molecular complexity index is 318. The van der Waals surface area contributed by atoms with Crippen molar-refractivity contribution in [2.75, 3.05) is 0 Å². The van der Waals surface area contributed by atoms with Crippen molar-refractivity contribution in [1.82, 2.24) is 0 Å². The maximum Gasteiger partial charge on any atom is 0.573 e. The van der Waals surface area contributed by atoms with Gasteiger partial charge in [0.1, 0.15) is 5.75 Å². The van der Waals surface area contributed by atoms with Gasteiger partial charge >= 0.3 is 6.36 Å². The van der Waals surface area contributed by atoms with Crippen LogP contribution in [-0.2, 0) is 6.42 Å². The van der Waals surface area contributed by atoms with Crippen LogP contribution in [0.25, 0.3) is 0 Å². The molecule has 0 unspecified atom stereocenters. The molecule has 0 saturated carbocycles. The lowest BCUT2D eigenvalue weighted by Gasteiger charge is -2.11. The Balaban J connectivity index is 2.89. The fraction of sp³-hybridized carbons (Fsp3) is 0.400. The number of alkyl halides is 3. The van der Waals surface area contributed by atoms with E-state index in [4.69, 9.17) is 0 Å². The van der Waals surface area contributed by atoms with Gasteiger partial charge in [0.2, 0.25) is 0 Å². The summed E-state index contributed by atoms with van der Waals surface area (Å²) >= 11 is 0. The monoisotopic (exact) mass is 204 g/mol. The lowest BCUT2D eigenvalue weighted by atomic mass is 10.1. The van der Waals surface area contributed by atoms with Crippen molar-refractivity contribution in [2.24, 2.45) is 0 Å². The van der Waals surface area contributed by atoms with Gasteiger partial charge in [-0.1, -0.05) is 19.1 Å². The van der Waals surface area contributed by atoms with Crippen molar-refractivity contribution in [1.29, 1.82) is 0 Å². The van der Waals surface area contributed by atoms with Gasteiger partial charge in [0.05, 0.1) is 0 Å². The second-order valence-electron chi connectivity index (χ2n) is 3.00. The number of aryl methyl sites for hydroxylation is 2. The minimum Gasteiger partial charge on any atom is -0.406 e. The van der Waals surface area contributed by atoms with Gasteiger partial charge in [-0.25, -0.2) is 0 Å². The molecule has 0 N–H and O–H groups in total. The molecule has 4 heteroatoms. The molecule has 0 saturated heterocycles. The van der Waals surface area contributed by atoms with Crippen LogP contribution in [0.15, 0.2) is 18.2 Å². The molecule has 0 aliphatic carbocycles. The zero-order valence-corrected chi connectivity index (χ0v) is 7.98. The molecular weight excluding hydrogens is 193 g/mol. The Morgan fingerprint density at radius 3 is 2.36 bits per heavy atom. The quantitative estimate of drug-likeness (QED) is 0.716. The Hall–Kier alpha value is -1.19. The van der Waals surface area contributed by atoms with Crippen molar-refractivity contribution in [3.8, 4) is 5.75 Å². The van der Waals surface area contributed by atoms with E-state index in [1.165, 1.54) is 6.07 Å². The summed E-state index contributed by atoms with van der Waals surface area (Å²) in [5.41, 5.74) is 1.50. The molecule has 0 atom stereocenters. The molecule has 0 fully saturated rings. The SMILES string of the molecule is CCc1ccc(OC(F)(F)F)c(C)c1. The summed E-state index contributed by atoms with van der Waals surface area (Å²) < 4.78 is 39.5. The van der Waals surface area contributed by atoms with Crippen molar-refractivity contribution in [3.63, 3.8) is 0 Å². The van der Waals surface area contributed by atoms with E-state index < -0.39 is 6.36 Å². The van der Waals surface area contributed by atoms with E-state index in [0.29, 0.717) is 5.56 Å². The van der Waals surface area contributed by atoms with Crippen molar-refractivity contribution >= 4 is 0 Å². The zero-order chi connectivity index (χ0) is 10.8. The lowest BCUT2D eigenvalue weighted by Crippen LogP contribution is -2.17. The molecule has 0 heterocycles. The zero-order valence-electron chi connectivity index (χ0n) is 7.98. The molecule has 0 spiro atoms. The maximum absolute atomic E-state index is 11.9. The highest BCUT2D eigenvalue weighted by Crippen LogP contribution is 2.26. The smallest absolute Gasteiger partial charge is 0.406 e. The fourth-order valence-corrected chi connectivity index (χ4v) is 1.17. The van der Waals surface area contributed by atoms with Crippen LogP contribution in [0, 0.1) is 6.92 Å². The van der Waals surface area contributed by atoms with Gasteiger partial charge < -0.3 is 4.74 Å². The van der Waals surface area contributed by atoms with E-state index in [2.05, 4.69) is 4.74 Å². The van der Waals surface area contributed by atoms with Crippen LogP contribution in [0.1, 0.15) is 18.1 Å². The minimum absolute atomic E-state index is 0.130. The number of rotatable bonds is 2. The highest BCUT2D eigenvalue weighted by molar-refractivity contribution is 5.36. The second kappa shape index (κ2) is 3.90. The summed E-state index contributed by atoms with van der Waals surface area (Å²) in [6.45, 7) is 3.54. The van der Waals surface area contributed by atoms with Gasteiger partial charge in [0.25, 0.3) is 0 Å². The molecule has 1 aromatic rings. The minimum atomic E-state index is -4.61. The molecular formula is C10H11F3O. The summed E-state index contributed by atoms with van der Waals surface area (Å²) in [6, 6.07) is 4.68. The lowest BCUT2D eigenvalue weighted by molar-refractivity contribution is -0.274. The van der Waals surface area contributed by atoms with Crippen LogP contribution in [-0.4, -0.2) is 6.36 Å². The third-order valence-corrected chi connectivity index (χ3v) is 1.87. The van der Waals surface area contributed by atoms with Crippen molar-refractivity contribution in [2.45, 2.75) is 26.6 Å². The van der Waals surface area contributed by atoms with E-state index in [1.807, 2.05) is 6.92 Å². The Kier molecular flexibility index (Phi) is 3.03. The first-order valence-electron chi connectivity index (χ1n) is 4.27. The standard InChI is InChI=1S/C10H11F3O/c1-3-8-4-5-9(7(2)6-8)14-10(11,12)13/h4-6H,3H2,1-2H3. The highest BCUT2D eigenvalue weighted by atomic mass is 19.4. The average Bonchev–Trinajstić information content (AvgIpc) is 2.06. The van der Waals surface area contributed by atoms with Gasteiger partial charge in [0.15, 0.2) is 0 Å². The van der Waals surface area contributed by atoms with Crippen LogP contribution in [0.5, 0.6) is 5.75 Å². The van der Waals surface area contributed by atoms with Crippen LogP contribution < -0.4 is 4.74 Å². The van der Waals surface area contributed by atoms with E-state index in [0.717, 1.165) is 12.0 Å². The molecule has 78 valence electrons. The summed E-state index contributed by atoms with van der Waals surface area (Å²) in [4.78, 5) is 0. The first-order chi connectivity index (χ1) is 6.42. The van der Waals surface area contributed by atoms with Crippen LogP contribution in [0.3, 0.4) is 0 Å². The molecule has 14 heavy (non-hydrogen) atoms. The van der Waals surface area contributed by atoms with Gasteiger partial charge in [-0.3, -0.25) is 0 Å². The fourth-order valence-electron chi connectivity index (χ4n) is 1.17. The van der Waals surface area contributed by atoms with Crippen LogP contribution in [0.4, 0.5) is 13.2 Å². The Morgan fingerprint density at radius 2 is 1.93 bits per heavy atom. The van der Waals surface area contributed by atoms with E-state index in [-0.39, 0.29) is 5.75 Å². The predicted octanol–water partition coefficient (Wildman–Crippen LogP) is 3.46.